The number of fused-ring (bicyclic) bond motifs is 1. The fourth-order valence-corrected chi connectivity index (χ4v) is 2.48. The van der Waals surface area contributed by atoms with E-state index in [0.29, 0.717) is 12.4 Å². The van der Waals surface area contributed by atoms with Crippen LogP contribution in [-0.2, 0) is 27.9 Å². The van der Waals surface area contributed by atoms with Gasteiger partial charge in [0.05, 0.1) is 50.2 Å². The summed E-state index contributed by atoms with van der Waals surface area (Å²) in [4.78, 5) is 12.6. The average molecular weight is 399 g/mol. The van der Waals surface area contributed by atoms with Crippen LogP contribution in [0.25, 0.3) is 0 Å². The van der Waals surface area contributed by atoms with Gasteiger partial charge in [0.1, 0.15) is 31.3 Å². The molecular formula is C16H23N4O6S+. The van der Waals surface area contributed by atoms with Crippen molar-refractivity contribution in [1.82, 2.24) is 4.57 Å². The van der Waals surface area contributed by atoms with Crippen molar-refractivity contribution in [3.05, 3.63) is 47.0 Å². The van der Waals surface area contributed by atoms with Gasteiger partial charge in [-0.1, -0.05) is 0 Å². The number of aryl methyl sites for hydroxylation is 1. The molecular weight excluding hydrogens is 376 g/mol. The first-order valence-corrected chi connectivity index (χ1v) is 9.94. The number of imidazole rings is 1. The number of non-ortho nitro benzene ring substituents is 1. The van der Waals surface area contributed by atoms with Gasteiger partial charge in [-0.15, -0.1) is 0 Å². The van der Waals surface area contributed by atoms with E-state index in [1.807, 2.05) is 30.3 Å². The molecule has 0 radical (unpaired) electrons. The van der Waals surface area contributed by atoms with Crippen LogP contribution in [0.3, 0.4) is 0 Å². The zero-order valence-corrected chi connectivity index (χ0v) is 16.3. The molecule has 11 heteroatoms. The SMILES string of the molecule is COS(C)(=O)=O.C[n+]1ccn(CCN2CCOc3cc([N+](=O)[O-])ccc32)c1. The average Bonchev–Trinajstić information content (AvgIpc) is 3.04. The summed E-state index contributed by atoms with van der Waals surface area (Å²) >= 11 is 0. The van der Waals surface area contributed by atoms with E-state index < -0.39 is 15.0 Å². The third-order valence-electron chi connectivity index (χ3n) is 3.87. The van der Waals surface area contributed by atoms with Gasteiger partial charge in [-0.25, -0.2) is 9.13 Å². The quantitative estimate of drug-likeness (QED) is 0.315. The van der Waals surface area contributed by atoms with Crippen molar-refractivity contribution in [2.45, 2.75) is 6.54 Å². The van der Waals surface area contributed by atoms with Crippen LogP contribution in [0.5, 0.6) is 5.75 Å². The molecule has 1 aromatic heterocycles. The molecule has 0 saturated carbocycles. The topological polar surface area (TPSA) is 108 Å². The summed E-state index contributed by atoms with van der Waals surface area (Å²) in [6.45, 7) is 3.03. The predicted octanol–water partition coefficient (Wildman–Crippen LogP) is 0.712. The second kappa shape index (κ2) is 8.82. The van der Waals surface area contributed by atoms with Gasteiger partial charge in [0.25, 0.3) is 15.8 Å². The van der Waals surface area contributed by atoms with E-state index in [1.54, 1.807) is 6.07 Å². The van der Waals surface area contributed by atoms with Crippen LogP contribution in [-0.4, -0.2) is 51.0 Å². The number of aromatic nitrogens is 2. The Labute approximate surface area is 157 Å². The fourth-order valence-electron chi connectivity index (χ4n) is 2.48. The van der Waals surface area contributed by atoms with Crippen LogP contribution in [0.1, 0.15) is 0 Å². The van der Waals surface area contributed by atoms with Crippen LogP contribution in [0.2, 0.25) is 0 Å². The molecule has 1 aliphatic rings. The summed E-state index contributed by atoms with van der Waals surface area (Å²) in [6, 6.07) is 4.79. The van der Waals surface area contributed by atoms with Crippen molar-refractivity contribution in [3.8, 4) is 5.75 Å². The zero-order chi connectivity index (χ0) is 20.0. The molecule has 0 spiro atoms. The standard InChI is InChI=1S/C14H17N4O3.C2H6O3S/c1-15-4-5-16(11-15)6-7-17-8-9-21-14-10-12(18(19)20)2-3-13(14)17;1-5-6(2,3)4/h2-5,10-11H,6-9H2,1H3;1-2H3/q+1;. The minimum atomic E-state index is -3.16. The predicted molar refractivity (Wildman–Crippen MR) is 98.3 cm³/mol. The highest BCUT2D eigenvalue weighted by atomic mass is 32.2. The molecule has 27 heavy (non-hydrogen) atoms. The van der Waals surface area contributed by atoms with Crippen molar-refractivity contribution in [2.75, 3.05) is 38.0 Å². The van der Waals surface area contributed by atoms with Crippen LogP contribution in [0, 0.1) is 10.1 Å². The van der Waals surface area contributed by atoms with Gasteiger partial charge in [-0.2, -0.15) is 8.42 Å². The van der Waals surface area contributed by atoms with Gasteiger partial charge in [0.2, 0.25) is 6.33 Å². The summed E-state index contributed by atoms with van der Waals surface area (Å²) in [5, 5.41) is 10.8. The lowest BCUT2D eigenvalue weighted by Crippen LogP contribution is -2.35. The van der Waals surface area contributed by atoms with Gasteiger partial charge in [0, 0.05) is 6.07 Å². The molecule has 0 bridgehead atoms. The van der Waals surface area contributed by atoms with Crippen molar-refractivity contribution < 1.29 is 26.8 Å². The Balaban J connectivity index is 0.000000380. The Bertz CT molecular complexity index is 896. The molecule has 0 aliphatic carbocycles. The Morgan fingerprint density at radius 1 is 1.37 bits per heavy atom. The minimum Gasteiger partial charge on any atom is -0.489 e. The number of hydrogen-bond donors (Lipinski definition) is 0. The third-order valence-corrected chi connectivity index (χ3v) is 4.47. The highest BCUT2D eigenvalue weighted by Crippen LogP contribution is 2.34. The van der Waals surface area contributed by atoms with Crippen LogP contribution in [0.15, 0.2) is 36.9 Å². The molecule has 0 unspecified atom stereocenters. The highest BCUT2D eigenvalue weighted by molar-refractivity contribution is 7.85. The number of rotatable bonds is 5. The Hall–Kier alpha value is -2.66. The maximum atomic E-state index is 10.8. The van der Waals surface area contributed by atoms with Gasteiger partial charge in [-0.3, -0.25) is 14.3 Å². The van der Waals surface area contributed by atoms with Crippen molar-refractivity contribution in [1.29, 1.82) is 0 Å². The van der Waals surface area contributed by atoms with E-state index in [4.69, 9.17) is 4.74 Å². The summed E-state index contributed by atoms with van der Waals surface area (Å²) in [5.41, 5.74) is 0.983. The second-order valence-corrected chi connectivity index (χ2v) is 7.67. The fraction of sp³-hybridized carbons (Fsp3) is 0.438. The second-order valence-electron chi connectivity index (χ2n) is 5.93. The lowest BCUT2D eigenvalue weighted by molar-refractivity contribution is -0.671. The molecule has 0 fully saturated rings. The van der Waals surface area contributed by atoms with Crippen LogP contribution < -0.4 is 14.2 Å². The van der Waals surface area contributed by atoms with E-state index >= 15 is 0 Å². The lowest BCUT2D eigenvalue weighted by Gasteiger charge is -2.30. The highest BCUT2D eigenvalue weighted by Gasteiger charge is 2.21. The third kappa shape index (κ3) is 6.22. The van der Waals surface area contributed by atoms with E-state index in [-0.39, 0.29) is 5.69 Å². The molecule has 0 amide bonds. The normalized spacial score (nSPS) is 13.2. The first kappa shape index (κ1) is 20.6. The molecule has 1 aliphatic heterocycles. The number of nitrogens with zero attached hydrogens (tertiary/aromatic N) is 4. The summed E-state index contributed by atoms with van der Waals surface area (Å²) in [6.07, 6.45) is 7.04. The van der Waals surface area contributed by atoms with Crippen molar-refractivity contribution >= 4 is 21.5 Å². The molecule has 0 N–H and O–H groups in total. The van der Waals surface area contributed by atoms with E-state index in [9.17, 15) is 18.5 Å². The van der Waals surface area contributed by atoms with Crippen molar-refractivity contribution in [3.63, 3.8) is 0 Å². The number of hydrogen-bond acceptors (Lipinski definition) is 7. The molecule has 1 aromatic carbocycles. The number of nitro groups is 1. The minimum absolute atomic E-state index is 0.0630. The number of benzene rings is 1. The van der Waals surface area contributed by atoms with Gasteiger partial charge >= 0.3 is 0 Å². The van der Waals surface area contributed by atoms with Gasteiger partial charge in [-0.05, 0) is 6.07 Å². The number of anilines is 1. The van der Waals surface area contributed by atoms with E-state index in [1.165, 1.54) is 12.1 Å². The summed E-state index contributed by atoms with van der Waals surface area (Å²) in [5.74, 6) is 0.591. The Morgan fingerprint density at radius 2 is 2.07 bits per heavy atom. The molecule has 148 valence electrons. The van der Waals surface area contributed by atoms with E-state index in [0.717, 1.165) is 38.7 Å². The largest absolute Gasteiger partial charge is 0.489 e. The molecule has 10 nitrogen and oxygen atoms in total. The Kier molecular flexibility index (Phi) is 6.75. The van der Waals surface area contributed by atoms with Crippen LogP contribution in [0.4, 0.5) is 11.4 Å². The number of nitro benzene ring substituents is 1. The molecule has 0 saturated heterocycles. The molecule has 2 heterocycles. The maximum Gasteiger partial charge on any atom is 0.273 e. The number of ether oxygens (including phenoxy) is 1. The molecule has 0 atom stereocenters. The lowest BCUT2D eigenvalue weighted by atomic mass is 10.2. The van der Waals surface area contributed by atoms with Gasteiger partial charge in [0.15, 0.2) is 0 Å². The molecule has 2 aromatic rings. The zero-order valence-electron chi connectivity index (χ0n) is 15.4. The smallest absolute Gasteiger partial charge is 0.273 e. The first-order chi connectivity index (χ1) is 12.7. The Morgan fingerprint density at radius 3 is 2.63 bits per heavy atom. The maximum absolute atomic E-state index is 10.8. The van der Waals surface area contributed by atoms with Crippen LogP contribution >= 0.6 is 0 Å². The summed E-state index contributed by atoms with van der Waals surface area (Å²) < 4.78 is 33.1. The first-order valence-electron chi connectivity index (χ1n) is 8.12. The van der Waals surface area contributed by atoms with E-state index in [2.05, 4.69) is 13.7 Å². The van der Waals surface area contributed by atoms with Gasteiger partial charge < -0.3 is 9.64 Å². The molecule has 3 rings (SSSR count). The summed E-state index contributed by atoms with van der Waals surface area (Å²) in [7, 11) is -0.0559. The monoisotopic (exact) mass is 399 g/mol. The van der Waals surface area contributed by atoms with Crippen molar-refractivity contribution in [2.24, 2.45) is 7.05 Å².